The zero-order valence-corrected chi connectivity index (χ0v) is 29.9. The van der Waals surface area contributed by atoms with E-state index in [0.717, 1.165) is 0 Å². The van der Waals surface area contributed by atoms with Crippen LogP contribution in [0.3, 0.4) is 0 Å². The third-order valence-electron chi connectivity index (χ3n) is 10.1. The lowest BCUT2D eigenvalue weighted by Crippen LogP contribution is -2.10. The smallest absolute Gasteiger partial charge is 0.0534 e. The van der Waals surface area contributed by atoms with Crippen LogP contribution in [0.25, 0.3) is 66.6 Å². The van der Waals surface area contributed by atoms with Gasteiger partial charge in [-0.2, -0.15) is 0 Å². The summed E-state index contributed by atoms with van der Waals surface area (Å²) in [5.74, 6) is 0. The van der Waals surface area contributed by atoms with Crippen molar-refractivity contribution in [3.05, 3.63) is 169 Å². The second-order valence-electron chi connectivity index (χ2n) is 15.5. The summed E-state index contributed by atoms with van der Waals surface area (Å²) in [7, 11) is 0. The Morgan fingerprint density at radius 2 is 0.600 bits per heavy atom. The van der Waals surface area contributed by atoms with Crippen LogP contribution in [0.4, 0.5) is 0 Å². The molecule has 8 rings (SSSR count). The molecule has 2 heteroatoms. The molecule has 2 nitrogen and oxygen atoms in total. The minimum absolute atomic E-state index is 0.0166. The second kappa shape index (κ2) is 12.1. The van der Waals surface area contributed by atoms with Crippen LogP contribution in [0, 0.1) is 0 Å². The summed E-state index contributed by atoms with van der Waals surface area (Å²) in [6.07, 6.45) is 4.70. The van der Waals surface area contributed by atoms with Gasteiger partial charge in [-0.05, 0) is 68.5 Å². The molecule has 0 amide bonds. The lowest BCUT2D eigenvalue weighted by molar-refractivity contribution is 0.594. The maximum atomic E-state index is 2.40. The summed E-state index contributed by atoms with van der Waals surface area (Å²) in [6, 6.07) is 53.1. The molecule has 0 spiro atoms. The SMILES string of the molecule is CC(C)(C)c1cn(-c2ccccc2-c2ccccc2-c2ccccc2-c2ccccc2-n2cc(C(C)(C)C)c3ccccc32)c2ccccc12. The molecular weight excluding hydrogens is 605 g/mol. The Kier molecular flexibility index (Phi) is 7.64. The maximum Gasteiger partial charge on any atom is 0.0534 e. The molecule has 0 fully saturated rings. The van der Waals surface area contributed by atoms with E-state index in [0.29, 0.717) is 0 Å². The van der Waals surface area contributed by atoms with Crippen molar-refractivity contribution in [2.24, 2.45) is 0 Å². The quantitative estimate of drug-likeness (QED) is 0.176. The van der Waals surface area contributed by atoms with Crippen molar-refractivity contribution in [2.45, 2.75) is 52.4 Å². The number of hydrogen-bond donors (Lipinski definition) is 0. The molecule has 246 valence electrons. The van der Waals surface area contributed by atoms with Gasteiger partial charge in [0, 0.05) is 34.3 Å². The lowest BCUT2D eigenvalue weighted by Gasteiger charge is -2.20. The molecule has 0 aliphatic heterocycles. The van der Waals surface area contributed by atoms with Gasteiger partial charge >= 0.3 is 0 Å². The van der Waals surface area contributed by atoms with Gasteiger partial charge < -0.3 is 9.13 Å². The van der Waals surface area contributed by atoms with Crippen LogP contribution in [0.15, 0.2) is 158 Å². The van der Waals surface area contributed by atoms with Gasteiger partial charge in [0.1, 0.15) is 0 Å². The second-order valence-corrected chi connectivity index (χ2v) is 15.5. The molecular formula is C48H44N2. The molecule has 2 heterocycles. The van der Waals surface area contributed by atoms with E-state index in [1.807, 2.05) is 0 Å². The number of nitrogens with zero attached hydrogens (tertiary/aromatic N) is 2. The van der Waals surface area contributed by atoms with Crippen molar-refractivity contribution in [3.8, 4) is 44.8 Å². The first-order valence-corrected chi connectivity index (χ1v) is 17.7. The van der Waals surface area contributed by atoms with E-state index in [1.165, 1.54) is 77.7 Å². The monoisotopic (exact) mass is 648 g/mol. The average molecular weight is 649 g/mol. The summed E-state index contributed by atoms with van der Waals surface area (Å²) in [4.78, 5) is 0. The molecule has 0 saturated heterocycles. The molecule has 0 radical (unpaired) electrons. The van der Waals surface area contributed by atoms with Gasteiger partial charge in [-0.25, -0.2) is 0 Å². The standard InChI is InChI=1S/C48H44N2/c1-47(2,3)41-31-49(45-29-17-13-25-39(41)45)43-27-15-11-23-37(43)35-21-9-7-19-33(35)34-20-8-10-22-36(34)38-24-12-16-28-44(38)50-32-42(48(4,5)6)40-26-14-18-30-46(40)50/h7-32H,1-6H3. The van der Waals surface area contributed by atoms with Crippen LogP contribution in [0.2, 0.25) is 0 Å². The van der Waals surface area contributed by atoms with Gasteiger partial charge in [0.2, 0.25) is 0 Å². The maximum absolute atomic E-state index is 2.40. The predicted octanol–water partition coefficient (Wildman–Crippen LogP) is 13.2. The summed E-state index contributed by atoms with van der Waals surface area (Å²) in [5.41, 5.74) is 14.8. The molecule has 0 unspecified atom stereocenters. The first kappa shape index (κ1) is 31.7. The Morgan fingerprint density at radius 3 is 0.960 bits per heavy atom. The van der Waals surface area contributed by atoms with Crippen molar-refractivity contribution in [3.63, 3.8) is 0 Å². The number of hydrogen-bond acceptors (Lipinski definition) is 0. The minimum atomic E-state index is 0.0166. The van der Waals surface area contributed by atoms with Crippen molar-refractivity contribution in [2.75, 3.05) is 0 Å². The molecule has 2 aromatic heterocycles. The largest absolute Gasteiger partial charge is 0.316 e. The van der Waals surface area contributed by atoms with E-state index in [9.17, 15) is 0 Å². The van der Waals surface area contributed by atoms with Crippen molar-refractivity contribution >= 4 is 21.8 Å². The van der Waals surface area contributed by atoms with Crippen LogP contribution in [-0.2, 0) is 10.8 Å². The van der Waals surface area contributed by atoms with Crippen LogP contribution in [0.1, 0.15) is 52.7 Å². The highest BCUT2D eigenvalue weighted by Gasteiger charge is 2.24. The molecule has 6 aromatic carbocycles. The zero-order valence-electron chi connectivity index (χ0n) is 29.9. The predicted molar refractivity (Wildman–Crippen MR) is 214 cm³/mol. The molecule has 50 heavy (non-hydrogen) atoms. The van der Waals surface area contributed by atoms with Gasteiger partial charge in [-0.3, -0.25) is 0 Å². The Bertz CT molecular complexity index is 2330. The topological polar surface area (TPSA) is 9.86 Å². The number of rotatable bonds is 5. The van der Waals surface area contributed by atoms with Gasteiger partial charge in [0.25, 0.3) is 0 Å². The average Bonchev–Trinajstić information content (AvgIpc) is 3.72. The van der Waals surface area contributed by atoms with Crippen molar-refractivity contribution in [1.29, 1.82) is 0 Å². The highest BCUT2D eigenvalue weighted by Crippen LogP contribution is 2.43. The van der Waals surface area contributed by atoms with Gasteiger partial charge in [-0.1, -0.05) is 163 Å². The van der Waals surface area contributed by atoms with Crippen LogP contribution in [-0.4, -0.2) is 9.13 Å². The molecule has 0 N–H and O–H groups in total. The Labute approximate surface area is 296 Å². The van der Waals surface area contributed by atoms with E-state index >= 15 is 0 Å². The zero-order chi connectivity index (χ0) is 34.6. The lowest BCUT2D eigenvalue weighted by atomic mass is 9.87. The highest BCUT2D eigenvalue weighted by atomic mass is 15.0. The molecule has 0 atom stereocenters. The first-order chi connectivity index (χ1) is 24.1. The Hall–Kier alpha value is -5.60. The van der Waals surface area contributed by atoms with Crippen LogP contribution < -0.4 is 0 Å². The fraction of sp³-hybridized carbons (Fsp3) is 0.167. The molecule has 0 bridgehead atoms. The summed E-state index contributed by atoms with van der Waals surface area (Å²) < 4.78 is 4.79. The van der Waals surface area contributed by atoms with Crippen LogP contribution >= 0.6 is 0 Å². The molecule has 0 aliphatic rings. The Balaban J connectivity index is 1.33. The van der Waals surface area contributed by atoms with E-state index in [4.69, 9.17) is 0 Å². The fourth-order valence-electron chi connectivity index (χ4n) is 7.68. The van der Waals surface area contributed by atoms with E-state index in [-0.39, 0.29) is 10.8 Å². The third kappa shape index (κ3) is 5.36. The van der Waals surface area contributed by atoms with E-state index in [2.05, 4.69) is 209 Å². The summed E-state index contributed by atoms with van der Waals surface area (Å²) in [5, 5.41) is 2.61. The molecule has 0 aliphatic carbocycles. The van der Waals surface area contributed by atoms with Gasteiger partial charge in [0.15, 0.2) is 0 Å². The minimum Gasteiger partial charge on any atom is -0.316 e. The van der Waals surface area contributed by atoms with Gasteiger partial charge in [-0.15, -0.1) is 0 Å². The number of para-hydroxylation sites is 4. The summed E-state index contributed by atoms with van der Waals surface area (Å²) in [6.45, 7) is 13.8. The number of aromatic nitrogens is 2. The van der Waals surface area contributed by atoms with Gasteiger partial charge in [0.05, 0.1) is 22.4 Å². The molecule has 0 saturated carbocycles. The number of benzene rings is 6. The van der Waals surface area contributed by atoms with E-state index < -0.39 is 0 Å². The van der Waals surface area contributed by atoms with Crippen molar-refractivity contribution in [1.82, 2.24) is 9.13 Å². The number of fused-ring (bicyclic) bond motifs is 2. The highest BCUT2D eigenvalue weighted by molar-refractivity contribution is 5.97. The van der Waals surface area contributed by atoms with Crippen LogP contribution in [0.5, 0.6) is 0 Å². The van der Waals surface area contributed by atoms with Crippen molar-refractivity contribution < 1.29 is 0 Å². The fourth-order valence-corrected chi connectivity index (χ4v) is 7.68. The Morgan fingerprint density at radius 1 is 0.320 bits per heavy atom. The first-order valence-electron chi connectivity index (χ1n) is 17.7. The normalized spacial score (nSPS) is 12.2. The summed E-state index contributed by atoms with van der Waals surface area (Å²) >= 11 is 0. The third-order valence-corrected chi connectivity index (χ3v) is 10.1. The van der Waals surface area contributed by atoms with E-state index in [1.54, 1.807) is 0 Å². The molecule has 8 aromatic rings.